The van der Waals surface area contributed by atoms with E-state index in [1.807, 2.05) is 13.0 Å². The lowest BCUT2D eigenvalue weighted by molar-refractivity contribution is -0.128. The van der Waals surface area contributed by atoms with E-state index in [1.165, 1.54) is 18.4 Å². The fourth-order valence-electron chi connectivity index (χ4n) is 4.47. The van der Waals surface area contributed by atoms with Gasteiger partial charge in [0.1, 0.15) is 4.88 Å². The van der Waals surface area contributed by atoms with Crippen LogP contribution in [0.4, 0.5) is 5.69 Å². The van der Waals surface area contributed by atoms with Crippen LogP contribution < -0.4 is 4.90 Å². The molecule has 0 bridgehead atoms. The first-order chi connectivity index (χ1) is 15.2. The van der Waals surface area contributed by atoms with Crippen molar-refractivity contribution in [3.8, 4) is 11.8 Å². The van der Waals surface area contributed by atoms with Gasteiger partial charge in [-0.25, -0.2) is 4.79 Å². The average Bonchev–Trinajstić information content (AvgIpc) is 3.40. The van der Waals surface area contributed by atoms with Gasteiger partial charge in [0.25, 0.3) is 0 Å². The summed E-state index contributed by atoms with van der Waals surface area (Å²) in [6, 6.07) is 1.64. The van der Waals surface area contributed by atoms with Crippen molar-refractivity contribution in [1.29, 1.82) is 0 Å². The fraction of sp³-hybridized carbons (Fsp3) is 0.560. The van der Waals surface area contributed by atoms with Crippen molar-refractivity contribution in [3.63, 3.8) is 0 Å². The highest BCUT2D eigenvalue weighted by molar-refractivity contribution is 7.15. The van der Waals surface area contributed by atoms with Crippen LogP contribution in [-0.4, -0.2) is 48.9 Å². The number of hydrogen-bond donors (Lipinski definition) is 0. The number of methoxy groups -OCH3 is 1. The van der Waals surface area contributed by atoms with Gasteiger partial charge in [0.15, 0.2) is 0 Å². The van der Waals surface area contributed by atoms with Crippen LogP contribution in [0.5, 0.6) is 0 Å². The first-order valence-corrected chi connectivity index (χ1v) is 12.0. The van der Waals surface area contributed by atoms with Gasteiger partial charge in [0.05, 0.1) is 23.7 Å². The zero-order valence-electron chi connectivity index (χ0n) is 19.4. The number of hydrogen-bond acceptors (Lipinski definition) is 5. The summed E-state index contributed by atoms with van der Waals surface area (Å²) in [6.45, 7) is 10.5. The van der Waals surface area contributed by atoms with E-state index < -0.39 is 5.97 Å². The van der Waals surface area contributed by atoms with E-state index in [4.69, 9.17) is 4.74 Å². The Morgan fingerprint density at radius 2 is 1.88 bits per heavy atom. The molecule has 0 aromatic carbocycles. The Kier molecular flexibility index (Phi) is 7.78. The molecule has 0 N–H and O–H groups in total. The molecule has 0 spiro atoms. The number of carbonyl (C=O) groups is 3. The van der Waals surface area contributed by atoms with E-state index in [0.717, 1.165) is 31.3 Å². The van der Waals surface area contributed by atoms with Crippen LogP contribution >= 0.6 is 11.3 Å². The molecule has 3 rings (SSSR count). The molecule has 1 aromatic rings. The average molecular weight is 457 g/mol. The maximum atomic E-state index is 13.8. The standard InChI is InChI=1S/C25H32N2O4S/c1-16(2)6-11-21-14-22(23(32-21)25(30)31-5)27(20-12-13-26(15-20)18(4)28)24(29)19-9-7-17(3)8-10-19/h14,17,19-20H,1,7-10,12-13,15H2,2-5H3/t17?,19?,20-/m0/s1. The number of anilines is 1. The van der Waals surface area contributed by atoms with Crippen molar-refractivity contribution < 1.29 is 19.1 Å². The topological polar surface area (TPSA) is 66.9 Å². The minimum absolute atomic E-state index is 0.00193. The number of ether oxygens (including phenoxy) is 1. The number of allylic oxidation sites excluding steroid dienone is 1. The number of thiophene rings is 1. The van der Waals surface area contributed by atoms with Crippen molar-refractivity contribution >= 4 is 34.8 Å². The lowest BCUT2D eigenvalue weighted by Crippen LogP contribution is -2.46. The molecule has 2 amide bonds. The minimum atomic E-state index is -0.482. The first-order valence-electron chi connectivity index (χ1n) is 11.2. The number of carbonyl (C=O) groups excluding carboxylic acids is 3. The zero-order valence-corrected chi connectivity index (χ0v) is 20.2. The molecule has 1 aliphatic carbocycles. The van der Waals surface area contributed by atoms with Gasteiger partial charge in [-0.3, -0.25) is 9.59 Å². The molecule has 2 fully saturated rings. The van der Waals surface area contributed by atoms with Crippen LogP contribution in [0.1, 0.15) is 67.4 Å². The second kappa shape index (κ2) is 10.4. The van der Waals surface area contributed by atoms with Gasteiger partial charge in [-0.2, -0.15) is 0 Å². The Morgan fingerprint density at radius 3 is 2.44 bits per heavy atom. The van der Waals surface area contributed by atoms with Crippen molar-refractivity contribution in [2.24, 2.45) is 11.8 Å². The van der Waals surface area contributed by atoms with Gasteiger partial charge in [-0.1, -0.05) is 25.3 Å². The highest BCUT2D eigenvalue weighted by Crippen LogP contribution is 2.37. The molecule has 2 heterocycles. The van der Waals surface area contributed by atoms with E-state index in [0.29, 0.717) is 40.9 Å². The molecule has 6 nitrogen and oxygen atoms in total. The number of likely N-dealkylation sites (tertiary alicyclic amines) is 1. The van der Waals surface area contributed by atoms with Crippen LogP contribution in [0.2, 0.25) is 0 Å². The molecule has 7 heteroatoms. The molecular formula is C25H32N2O4S. The van der Waals surface area contributed by atoms with E-state index in [-0.39, 0.29) is 23.8 Å². The van der Waals surface area contributed by atoms with Crippen LogP contribution in [0.15, 0.2) is 18.2 Å². The highest BCUT2D eigenvalue weighted by Gasteiger charge is 2.39. The minimum Gasteiger partial charge on any atom is -0.465 e. The highest BCUT2D eigenvalue weighted by atomic mass is 32.1. The summed E-state index contributed by atoms with van der Waals surface area (Å²) >= 11 is 1.23. The zero-order chi connectivity index (χ0) is 23.4. The van der Waals surface area contributed by atoms with Gasteiger partial charge in [0, 0.05) is 25.9 Å². The van der Waals surface area contributed by atoms with Gasteiger partial charge in [-0.15, -0.1) is 11.3 Å². The molecule has 172 valence electrons. The third kappa shape index (κ3) is 5.42. The van der Waals surface area contributed by atoms with Crippen LogP contribution in [0, 0.1) is 23.7 Å². The third-order valence-electron chi connectivity index (χ3n) is 6.32. The van der Waals surface area contributed by atoms with Gasteiger partial charge >= 0.3 is 5.97 Å². The smallest absolute Gasteiger partial charge is 0.350 e. The SMILES string of the molecule is C=C(C)C#Cc1cc(N(C(=O)C2CCC(C)CC2)[C@H]2CCN(C(C)=O)C2)c(C(=O)OC)s1. The molecular weight excluding hydrogens is 424 g/mol. The van der Waals surface area contributed by atoms with Crippen molar-refractivity contribution in [2.45, 2.75) is 58.9 Å². The molecule has 0 unspecified atom stereocenters. The summed E-state index contributed by atoms with van der Waals surface area (Å²) in [6.07, 6.45) is 4.42. The second-order valence-electron chi connectivity index (χ2n) is 8.92. The van der Waals surface area contributed by atoms with Crippen molar-refractivity contribution in [1.82, 2.24) is 4.90 Å². The molecule has 1 aromatic heterocycles. The maximum absolute atomic E-state index is 13.8. The van der Waals surface area contributed by atoms with Crippen LogP contribution in [-0.2, 0) is 14.3 Å². The van der Waals surface area contributed by atoms with E-state index in [1.54, 1.807) is 16.7 Å². The Labute approximate surface area is 194 Å². The van der Waals surface area contributed by atoms with E-state index in [9.17, 15) is 14.4 Å². The van der Waals surface area contributed by atoms with Gasteiger partial charge in [-0.05, 0) is 56.6 Å². The van der Waals surface area contributed by atoms with Gasteiger partial charge < -0.3 is 14.5 Å². The predicted molar refractivity (Wildman–Crippen MR) is 127 cm³/mol. The monoisotopic (exact) mass is 456 g/mol. The number of esters is 1. The summed E-state index contributed by atoms with van der Waals surface area (Å²) in [5, 5.41) is 0. The second-order valence-corrected chi connectivity index (χ2v) is 9.97. The van der Waals surface area contributed by atoms with E-state index >= 15 is 0 Å². The summed E-state index contributed by atoms with van der Waals surface area (Å²) in [4.78, 5) is 43.0. The maximum Gasteiger partial charge on any atom is 0.350 e. The molecule has 1 atom stereocenters. The normalized spacial score (nSPS) is 22.6. The Balaban J connectivity index is 2.03. The lowest BCUT2D eigenvalue weighted by Gasteiger charge is -2.34. The molecule has 2 aliphatic rings. The Bertz CT molecular complexity index is 962. The van der Waals surface area contributed by atoms with Crippen molar-refractivity contribution in [2.75, 3.05) is 25.1 Å². The first kappa shape index (κ1) is 24.1. The molecule has 1 saturated carbocycles. The molecule has 0 radical (unpaired) electrons. The van der Waals surface area contributed by atoms with Crippen LogP contribution in [0.3, 0.4) is 0 Å². The fourth-order valence-corrected chi connectivity index (χ4v) is 5.39. The summed E-state index contributed by atoms with van der Waals surface area (Å²) in [5.74, 6) is 6.09. The summed E-state index contributed by atoms with van der Waals surface area (Å²) in [5.41, 5.74) is 1.27. The summed E-state index contributed by atoms with van der Waals surface area (Å²) < 4.78 is 5.03. The quantitative estimate of drug-likeness (QED) is 0.502. The van der Waals surface area contributed by atoms with Crippen molar-refractivity contribution in [3.05, 3.63) is 28.0 Å². The van der Waals surface area contributed by atoms with E-state index in [2.05, 4.69) is 25.3 Å². The number of amides is 2. The third-order valence-corrected chi connectivity index (χ3v) is 7.34. The summed E-state index contributed by atoms with van der Waals surface area (Å²) in [7, 11) is 1.34. The Hall–Kier alpha value is -2.59. The lowest BCUT2D eigenvalue weighted by atomic mass is 9.82. The molecule has 1 saturated heterocycles. The number of rotatable bonds is 4. The Morgan fingerprint density at radius 1 is 1.19 bits per heavy atom. The largest absolute Gasteiger partial charge is 0.465 e. The predicted octanol–water partition coefficient (Wildman–Crippen LogP) is 4.24. The van der Waals surface area contributed by atoms with Gasteiger partial charge in [0.2, 0.25) is 11.8 Å². The molecule has 1 aliphatic heterocycles. The molecule has 32 heavy (non-hydrogen) atoms. The number of nitrogens with zero attached hydrogens (tertiary/aromatic N) is 2. The van der Waals surface area contributed by atoms with Crippen LogP contribution in [0.25, 0.3) is 0 Å².